The van der Waals surface area contributed by atoms with Gasteiger partial charge in [0.15, 0.2) is 28.8 Å². The van der Waals surface area contributed by atoms with E-state index in [1.54, 1.807) is 39.8 Å². The molecule has 298 valence electrons. The highest BCUT2D eigenvalue weighted by atomic mass is 32.1. The standard InChI is InChI=1S/C44H58N2O8S/c1-7-27-25-45-14-11-28-20-38(49-3)40(51-5)23-34(28)36(45)18-31(27)19-37-35-24-41(52-6)39(50-4)21-29(35)12-15-46(37)43(48)42-22-33(30-13-17-55-26-30)32(10-9-16-47)44(54-42)53-8-2/h13,17,20-24,26-27,31-33,36-37,44,47H,7-12,14-16,18-19,25H2,1-6H3/t27-,31-,32+,33+,36-,37+,44+/m0/s1. The zero-order valence-corrected chi connectivity index (χ0v) is 34.1. The number of hydrogen-bond acceptors (Lipinski definition) is 10. The van der Waals surface area contributed by atoms with Crippen LogP contribution < -0.4 is 18.9 Å². The van der Waals surface area contributed by atoms with Crippen molar-refractivity contribution in [2.24, 2.45) is 17.8 Å². The minimum atomic E-state index is -0.596. The fourth-order valence-electron chi connectivity index (χ4n) is 9.81. The van der Waals surface area contributed by atoms with Crippen LogP contribution in [-0.2, 0) is 27.1 Å². The summed E-state index contributed by atoms with van der Waals surface area (Å²) in [6, 6.07) is 10.7. The van der Waals surface area contributed by atoms with Gasteiger partial charge in [-0.05, 0) is 132 Å². The number of rotatable bonds is 14. The van der Waals surface area contributed by atoms with E-state index in [1.165, 1.54) is 16.7 Å². The SMILES string of the molecule is CCO[C@@H]1OC(C(=O)N2CCc3cc(OC)c(OC)cc3[C@H]2C[C@@H]2C[C@H]3c4cc(OC)c(OC)cc4CCN3C[C@@H]2CC)=C[C@H](c2ccsc2)[C@H]1CCCO. The first-order valence-electron chi connectivity index (χ1n) is 20.0. The van der Waals surface area contributed by atoms with Gasteiger partial charge in [-0.2, -0.15) is 11.3 Å². The van der Waals surface area contributed by atoms with Crippen molar-refractivity contribution >= 4 is 17.2 Å². The van der Waals surface area contributed by atoms with Gasteiger partial charge in [-0.15, -0.1) is 0 Å². The summed E-state index contributed by atoms with van der Waals surface area (Å²) in [5.41, 5.74) is 6.08. The van der Waals surface area contributed by atoms with Gasteiger partial charge in [-0.25, -0.2) is 0 Å². The number of piperidine rings is 1. The first-order valence-corrected chi connectivity index (χ1v) is 21.0. The minimum Gasteiger partial charge on any atom is -0.493 e. The maximum Gasteiger partial charge on any atom is 0.289 e. The van der Waals surface area contributed by atoms with E-state index in [9.17, 15) is 5.11 Å². The van der Waals surface area contributed by atoms with Gasteiger partial charge in [0, 0.05) is 50.7 Å². The summed E-state index contributed by atoms with van der Waals surface area (Å²) in [5, 5.41) is 14.0. The Bertz CT molecular complexity index is 1810. The lowest BCUT2D eigenvalue weighted by Gasteiger charge is -2.49. The summed E-state index contributed by atoms with van der Waals surface area (Å²) < 4.78 is 35.9. The lowest BCUT2D eigenvalue weighted by Crippen LogP contribution is -2.48. The highest BCUT2D eigenvalue weighted by molar-refractivity contribution is 7.08. The lowest BCUT2D eigenvalue weighted by molar-refractivity contribution is -0.171. The Labute approximate surface area is 330 Å². The first kappa shape index (κ1) is 39.5. The molecule has 2 aromatic carbocycles. The molecule has 10 nitrogen and oxygen atoms in total. The van der Waals surface area contributed by atoms with Gasteiger partial charge in [0.1, 0.15) is 0 Å². The highest BCUT2D eigenvalue weighted by Gasteiger charge is 2.44. The molecule has 5 heterocycles. The number of nitrogens with zero attached hydrogens (tertiary/aromatic N) is 2. The minimum absolute atomic E-state index is 0.0275. The van der Waals surface area contributed by atoms with Crippen LogP contribution in [0.3, 0.4) is 0 Å². The molecule has 1 saturated heterocycles. The molecule has 1 aromatic heterocycles. The third-order valence-electron chi connectivity index (χ3n) is 12.6. The predicted molar refractivity (Wildman–Crippen MR) is 213 cm³/mol. The van der Waals surface area contributed by atoms with Gasteiger partial charge >= 0.3 is 0 Å². The Morgan fingerprint density at radius 3 is 2.22 bits per heavy atom. The summed E-state index contributed by atoms with van der Waals surface area (Å²) in [7, 11) is 6.75. The summed E-state index contributed by atoms with van der Waals surface area (Å²) in [6.07, 6.45) is 7.33. The van der Waals surface area contributed by atoms with Crippen LogP contribution in [0, 0.1) is 17.8 Å². The average Bonchev–Trinajstić information content (AvgIpc) is 3.76. The van der Waals surface area contributed by atoms with Gasteiger partial charge < -0.3 is 38.4 Å². The topological polar surface area (TPSA) is 99.2 Å². The second-order valence-electron chi connectivity index (χ2n) is 15.3. The van der Waals surface area contributed by atoms with Crippen molar-refractivity contribution in [3.05, 3.63) is 80.7 Å². The molecule has 4 aliphatic heterocycles. The van der Waals surface area contributed by atoms with E-state index in [2.05, 4.69) is 57.8 Å². The van der Waals surface area contributed by atoms with Gasteiger partial charge in [-0.1, -0.05) is 13.3 Å². The predicted octanol–water partition coefficient (Wildman–Crippen LogP) is 7.69. The number of amides is 1. The number of aliphatic hydroxyl groups excluding tert-OH is 1. The third kappa shape index (κ3) is 7.82. The van der Waals surface area contributed by atoms with Crippen LogP contribution in [0.4, 0.5) is 0 Å². The number of thiophene rings is 1. The van der Waals surface area contributed by atoms with Crippen molar-refractivity contribution < 1.29 is 38.3 Å². The molecule has 1 amide bonds. The Kier molecular flexibility index (Phi) is 12.6. The molecule has 7 atom stereocenters. The van der Waals surface area contributed by atoms with Crippen LogP contribution in [0.5, 0.6) is 23.0 Å². The van der Waals surface area contributed by atoms with E-state index in [0.717, 1.165) is 67.8 Å². The molecular formula is C44H58N2O8S. The summed E-state index contributed by atoms with van der Waals surface area (Å²) >= 11 is 1.65. The van der Waals surface area contributed by atoms with Crippen LogP contribution in [0.2, 0.25) is 0 Å². The van der Waals surface area contributed by atoms with Crippen LogP contribution in [-0.4, -0.2) is 88.4 Å². The quantitative estimate of drug-likeness (QED) is 0.177. The molecule has 11 heteroatoms. The van der Waals surface area contributed by atoms with Gasteiger partial charge in [-0.3, -0.25) is 9.69 Å². The average molecular weight is 775 g/mol. The second kappa shape index (κ2) is 17.6. The zero-order chi connectivity index (χ0) is 38.6. The van der Waals surface area contributed by atoms with Crippen molar-refractivity contribution in [3.63, 3.8) is 0 Å². The van der Waals surface area contributed by atoms with E-state index >= 15 is 4.79 Å². The van der Waals surface area contributed by atoms with Crippen LogP contribution >= 0.6 is 11.3 Å². The van der Waals surface area contributed by atoms with Crippen molar-refractivity contribution in [1.82, 2.24) is 9.80 Å². The van der Waals surface area contributed by atoms with Gasteiger partial charge in [0.05, 0.1) is 34.5 Å². The maximum absolute atomic E-state index is 15.1. The molecule has 0 radical (unpaired) electrons. The Balaban J connectivity index is 1.26. The molecule has 0 spiro atoms. The molecule has 1 N–H and O–H groups in total. The molecule has 0 bridgehead atoms. The molecule has 0 saturated carbocycles. The van der Waals surface area contributed by atoms with Crippen molar-refractivity contribution in [2.75, 3.05) is 61.3 Å². The number of ether oxygens (including phenoxy) is 6. The Morgan fingerprint density at radius 1 is 0.909 bits per heavy atom. The highest BCUT2D eigenvalue weighted by Crippen LogP contribution is 2.50. The van der Waals surface area contributed by atoms with E-state index in [1.807, 2.05) is 13.0 Å². The first-order chi connectivity index (χ1) is 26.8. The van der Waals surface area contributed by atoms with Gasteiger partial charge in [0.25, 0.3) is 5.91 Å². The van der Waals surface area contributed by atoms with Crippen LogP contribution in [0.1, 0.15) is 91.8 Å². The Hall–Kier alpha value is -3.77. The number of benzene rings is 2. The van der Waals surface area contributed by atoms with Gasteiger partial charge in [0.2, 0.25) is 6.29 Å². The number of hydrogen-bond donors (Lipinski definition) is 1. The molecule has 4 aliphatic rings. The monoisotopic (exact) mass is 774 g/mol. The summed E-state index contributed by atoms with van der Waals surface area (Å²) in [4.78, 5) is 19.8. The van der Waals surface area contributed by atoms with E-state index in [0.29, 0.717) is 55.1 Å². The number of allylic oxidation sites excluding steroid dienone is 1. The molecular weight excluding hydrogens is 717 g/mol. The molecule has 3 aromatic rings. The number of methoxy groups -OCH3 is 4. The van der Waals surface area contributed by atoms with Crippen molar-refractivity contribution in [2.45, 2.75) is 83.1 Å². The van der Waals surface area contributed by atoms with Crippen LogP contribution in [0.15, 0.2) is 52.9 Å². The normalized spacial score (nSPS) is 26.2. The molecule has 0 unspecified atom stereocenters. The second-order valence-corrected chi connectivity index (χ2v) is 16.1. The Morgan fingerprint density at radius 2 is 1.58 bits per heavy atom. The van der Waals surface area contributed by atoms with Crippen molar-refractivity contribution in [1.29, 1.82) is 0 Å². The summed E-state index contributed by atoms with van der Waals surface area (Å²) in [6.45, 7) is 7.40. The van der Waals surface area contributed by atoms with E-state index < -0.39 is 6.29 Å². The largest absolute Gasteiger partial charge is 0.493 e. The number of fused-ring (bicyclic) bond motifs is 4. The molecule has 0 aliphatic carbocycles. The fraction of sp³-hybridized carbons (Fsp3) is 0.568. The van der Waals surface area contributed by atoms with Crippen LogP contribution in [0.25, 0.3) is 0 Å². The van der Waals surface area contributed by atoms with E-state index in [-0.39, 0.29) is 36.4 Å². The van der Waals surface area contributed by atoms with Crippen molar-refractivity contribution in [3.8, 4) is 23.0 Å². The molecule has 7 rings (SSSR count). The lowest BCUT2D eigenvalue weighted by atomic mass is 9.72. The maximum atomic E-state index is 15.1. The smallest absolute Gasteiger partial charge is 0.289 e. The molecule has 55 heavy (non-hydrogen) atoms. The number of carbonyl (C=O) groups is 1. The zero-order valence-electron chi connectivity index (χ0n) is 33.3. The number of carbonyl (C=O) groups excluding carboxylic acids is 1. The van der Waals surface area contributed by atoms with E-state index in [4.69, 9.17) is 28.4 Å². The molecule has 1 fully saturated rings. The number of aliphatic hydroxyl groups is 1. The third-order valence-corrected chi connectivity index (χ3v) is 13.3. The summed E-state index contributed by atoms with van der Waals surface area (Å²) in [5.74, 6) is 3.87. The fourth-order valence-corrected chi connectivity index (χ4v) is 10.5.